The number of pyridine rings is 2. The number of hydrogen-bond acceptors (Lipinski definition) is 2. The van der Waals surface area contributed by atoms with Crippen molar-refractivity contribution < 1.29 is 0 Å². The molecule has 2 aromatic heterocycles. The molecule has 0 fully saturated rings. The molecule has 0 spiro atoms. The van der Waals surface area contributed by atoms with E-state index >= 15 is 0 Å². The number of fused-ring (bicyclic) bond motifs is 2. The lowest BCUT2D eigenvalue weighted by atomic mass is 9.92. The zero-order chi connectivity index (χ0) is 17.4. The lowest BCUT2D eigenvalue weighted by Crippen LogP contribution is -1.96. The van der Waals surface area contributed by atoms with E-state index in [-0.39, 0.29) is 0 Å². The van der Waals surface area contributed by atoms with Crippen LogP contribution in [0.15, 0.2) is 60.9 Å². The molecular formula is C23H22N2. The Morgan fingerprint density at radius 1 is 0.920 bits per heavy atom. The summed E-state index contributed by atoms with van der Waals surface area (Å²) in [5.74, 6) is 0.465. The predicted octanol–water partition coefficient (Wildman–Crippen LogP) is 6.14. The molecule has 0 atom stereocenters. The standard InChI is InChI=1S/C23H22N2/c1-4-17-13-16-7-5-6-8-19(16)23(25-17)21-10-9-18(15(2)3)22-14-24-12-11-20(21)22/h5-15H,4H2,1-3H3. The highest BCUT2D eigenvalue weighted by Crippen LogP contribution is 2.35. The van der Waals surface area contributed by atoms with Crippen LogP contribution in [0.25, 0.3) is 32.8 Å². The van der Waals surface area contributed by atoms with Gasteiger partial charge in [0.2, 0.25) is 0 Å². The van der Waals surface area contributed by atoms with Gasteiger partial charge < -0.3 is 0 Å². The van der Waals surface area contributed by atoms with Crippen LogP contribution in [0, 0.1) is 0 Å². The first kappa shape index (κ1) is 15.8. The average Bonchev–Trinajstić information content (AvgIpc) is 2.66. The van der Waals surface area contributed by atoms with Gasteiger partial charge in [0.1, 0.15) is 0 Å². The number of aromatic nitrogens is 2. The number of rotatable bonds is 3. The minimum atomic E-state index is 0.465. The second-order valence-corrected chi connectivity index (χ2v) is 6.82. The summed E-state index contributed by atoms with van der Waals surface area (Å²) in [4.78, 5) is 9.36. The highest BCUT2D eigenvalue weighted by Gasteiger charge is 2.14. The first-order valence-corrected chi connectivity index (χ1v) is 8.94. The summed E-state index contributed by atoms with van der Waals surface area (Å²) < 4.78 is 0. The number of aryl methyl sites for hydroxylation is 1. The van der Waals surface area contributed by atoms with Crippen molar-refractivity contribution in [2.24, 2.45) is 0 Å². The molecule has 0 N–H and O–H groups in total. The van der Waals surface area contributed by atoms with Crippen molar-refractivity contribution in [3.05, 3.63) is 72.2 Å². The molecule has 2 aromatic carbocycles. The van der Waals surface area contributed by atoms with Gasteiger partial charge in [-0.3, -0.25) is 9.97 Å². The lowest BCUT2D eigenvalue weighted by molar-refractivity contribution is 0.876. The highest BCUT2D eigenvalue weighted by molar-refractivity contribution is 6.04. The summed E-state index contributed by atoms with van der Waals surface area (Å²) in [5, 5.41) is 4.91. The fourth-order valence-electron chi connectivity index (χ4n) is 3.56. The van der Waals surface area contributed by atoms with Crippen molar-refractivity contribution >= 4 is 21.5 Å². The second kappa shape index (κ2) is 6.29. The van der Waals surface area contributed by atoms with Crippen LogP contribution in [0.1, 0.15) is 37.9 Å². The molecule has 0 aliphatic heterocycles. The van der Waals surface area contributed by atoms with E-state index in [2.05, 4.69) is 74.3 Å². The fraction of sp³-hybridized carbons (Fsp3) is 0.217. The molecule has 0 bridgehead atoms. The summed E-state index contributed by atoms with van der Waals surface area (Å²) in [6, 6.07) is 17.3. The van der Waals surface area contributed by atoms with Crippen molar-refractivity contribution in [3.8, 4) is 11.3 Å². The first-order chi connectivity index (χ1) is 12.2. The number of hydrogen-bond donors (Lipinski definition) is 0. The molecule has 4 rings (SSSR count). The maximum Gasteiger partial charge on any atom is 0.0789 e. The van der Waals surface area contributed by atoms with Crippen LogP contribution >= 0.6 is 0 Å². The van der Waals surface area contributed by atoms with Gasteiger partial charge in [-0.1, -0.05) is 57.2 Å². The average molecular weight is 326 g/mol. The summed E-state index contributed by atoms with van der Waals surface area (Å²) in [6.07, 6.45) is 4.79. The van der Waals surface area contributed by atoms with Crippen molar-refractivity contribution in [1.82, 2.24) is 9.97 Å². The Balaban J connectivity index is 2.09. The van der Waals surface area contributed by atoms with E-state index in [1.165, 1.54) is 32.7 Å². The summed E-state index contributed by atoms with van der Waals surface area (Å²) in [6.45, 7) is 6.62. The van der Waals surface area contributed by atoms with Gasteiger partial charge in [-0.2, -0.15) is 0 Å². The monoisotopic (exact) mass is 326 g/mol. The van der Waals surface area contributed by atoms with Gasteiger partial charge in [0.25, 0.3) is 0 Å². The van der Waals surface area contributed by atoms with E-state index in [9.17, 15) is 0 Å². The molecule has 124 valence electrons. The normalized spacial score (nSPS) is 11.5. The van der Waals surface area contributed by atoms with E-state index in [1.54, 1.807) is 0 Å². The van der Waals surface area contributed by atoms with Crippen LogP contribution in [0.4, 0.5) is 0 Å². The largest absolute Gasteiger partial charge is 0.264 e. The molecule has 4 aromatic rings. The molecule has 0 saturated carbocycles. The molecule has 0 unspecified atom stereocenters. The van der Waals surface area contributed by atoms with Crippen LogP contribution in [0.3, 0.4) is 0 Å². The molecular weight excluding hydrogens is 304 g/mol. The van der Waals surface area contributed by atoms with Crippen LogP contribution in [0.5, 0.6) is 0 Å². The van der Waals surface area contributed by atoms with Crippen LogP contribution in [0.2, 0.25) is 0 Å². The Hall–Kier alpha value is -2.74. The van der Waals surface area contributed by atoms with E-state index in [0.717, 1.165) is 17.8 Å². The number of nitrogens with zero attached hydrogens (tertiary/aromatic N) is 2. The van der Waals surface area contributed by atoms with Crippen molar-refractivity contribution in [2.75, 3.05) is 0 Å². The Kier molecular flexibility index (Phi) is 3.96. The van der Waals surface area contributed by atoms with Gasteiger partial charge in [-0.05, 0) is 40.8 Å². The van der Waals surface area contributed by atoms with Gasteiger partial charge in [0.15, 0.2) is 0 Å². The van der Waals surface area contributed by atoms with Crippen LogP contribution < -0.4 is 0 Å². The molecule has 0 amide bonds. The molecule has 2 heteroatoms. The minimum Gasteiger partial charge on any atom is -0.264 e. The maximum absolute atomic E-state index is 4.99. The van der Waals surface area contributed by atoms with E-state index < -0.39 is 0 Å². The highest BCUT2D eigenvalue weighted by atomic mass is 14.7. The van der Waals surface area contributed by atoms with Crippen LogP contribution in [-0.2, 0) is 6.42 Å². The number of benzene rings is 2. The fourth-order valence-corrected chi connectivity index (χ4v) is 3.56. The van der Waals surface area contributed by atoms with Gasteiger partial charge in [0.05, 0.1) is 5.69 Å². The molecule has 2 nitrogen and oxygen atoms in total. The van der Waals surface area contributed by atoms with Gasteiger partial charge in [-0.15, -0.1) is 0 Å². The van der Waals surface area contributed by atoms with E-state index in [4.69, 9.17) is 4.98 Å². The Labute approximate surface area is 148 Å². The first-order valence-electron chi connectivity index (χ1n) is 8.94. The van der Waals surface area contributed by atoms with Crippen molar-refractivity contribution in [2.45, 2.75) is 33.1 Å². The van der Waals surface area contributed by atoms with Crippen LogP contribution in [-0.4, -0.2) is 9.97 Å². The summed E-state index contributed by atoms with van der Waals surface area (Å²) >= 11 is 0. The Morgan fingerprint density at radius 3 is 2.56 bits per heavy atom. The third kappa shape index (κ3) is 2.68. The van der Waals surface area contributed by atoms with Gasteiger partial charge in [0, 0.05) is 34.4 Å². The zero-order valence-corrected chi connectivity index (χ0v) is 15.0. The smallest absolute Gasteiger partial charge is 0.0789 e. The third-order valence-corrected chi connectivity index (χ3v) is 4.88. The molecule has 0 aliphatic rings. The van der Waals surface area contributed by atoms with E-state index in [0.29, 0.717) is 5.92 Å². The predicted molar refractivity (Wildman–Crippen MR) is 106 cm³/mol. The zero-order valence-electron chi connectivity index (χ0n) is 15.0. The van der Waals surface area contributed by atoms with Crippen molar-refractivity contribution in [1.29, 1.82) is 0 Å². The summed E-state index contributed by atoms with van der Waals surface area (Å²) in [5.41, 5.74) is 4.72. The van der Waals surface area contributed by atoms with Gasteiger partial charge in [-0.25, -0.2) is 0 Å². The molecule has 0 saturated heterocycles. The van der Waals surface area contributed by atoms with E-state index in [1.807, 2.05) is 12.4 Å². The maximum atomic E-state index is 4.99. The quantitative estimate of drug-likeness (QED) is 0.452. The molecule has 0 aliphatic carbocycles. The van der Waals surface area contributed by atoms with Gasteiger partial charge >= 0.3 is 0 Å². The topological polar surface area (TPSA) is 25.8 Å². The van der Waals surface area contributed by atoms with Crippen molar-refractivity contribution in [3.63, 3.8) is 0 Å². The third-order valence-electron chi connectivity index (χ3n) is 4.88. The lowest BCUT2D eigenvalue weighted by Gasteiger charge is -2.15. The SMILES string of the molecule is CCc1cc2ccccc2c(-c2ccc(C(C)C)c3cnccc23)n1. The second-order valence-electron chi connectivity index (χ2n) is 6.82. The molecule has 2 heterocycles. The summed E-state index contributed by atoms with van der Waals surface area (Å²) in [7, 11) is 0. The minimum absolute atomic E-state index is 0.465. The molecule has 0 radical (unpaired) electrons. The molecule has 25 heavy (non-hydrogen) atoms. The Morgan fingerprint density at radius 2 is 1.76 bits per heavy atom. The Bertz CT molecular complexity index is 1060.